The Morgan fingerprint density at radius 3 is 2.61 bits per heavy atom. The lowest BCUT2D eigenvalue weighted by Gasteiger charge is -1.99. The van der Waals surface area contributed by atoms with Gasteiger partial charge in [-0.3, -0.25) is 4.79 Å². The summed E-state index contributed by atoms with van der Waals surface area (Å²) in [5.74, 6) is 0.0416. The van der Waals surface area contributed by atoms with Crippen molar-refractivity contribution in [1.29, 1.82) is 0 Å². The van der Waals surface area contributed by atoms with Crippen molar-refractivity contribution >= 4 is 32.6 Å². The van der Waals surface area contributed by atoms with E-state index < -0.39 is 0 Å². The first kappa shape index (κ1) is 11.2. The highest BCUT2D eigenvalue weighted by molar-refractivity contribution is 9.10. The van der Waals surface area contributed by atoms with Crippen molar-refractivity contribution in [2.45, 2.75) is 0 Å². The summed E-state index contributed by atoms with van der Waals surface area (Å²) < 4.78 is 0.969. The maximum atomic E-state index is 12.4. The van der Waals surface area contributed by atoms with Crippen LogP contribution in [-0.4, -0.2) is 10.8 Å². The van der Waals surface area contributed by atoms with E-state index in [2.05, 4.69) is 20.9 Å². The van der Waals surface area contributed by atoms with Crippen molar-refractivity contribution in [1.82, 2.24) is 4.98 Å². The summed E-state index contributed by atoms with van der Waals surface area (Å²) in [5.41, 5.74) is 2.38. The minimum Gasteiger partial charge on any atom is -0.360 e. The van der Waals surface area contributed by atoms with Crippen molar-refractivity contribution in [2.24, 2.45) is 0 Å². The molecule has 0 fully saturated rings. The van der Waals surface area contributed by atoms with Gasteiger partial charge in [0.2, 0.25) is 0 Å². The van der Waals surface area contributed by atoms with E-state index in [0.29, 0.717) is 11.1 Å². The fourth-order valence-electron chi connectivity index (χ4n) is 2.03. The van der Waals surface area contributed by atoms with E-state index in [4.69, 9.17) is 0 Å². The molecule has 3 rings (SSSR count). The van der Waals surface area contributed by atoms with Crippen LogP contribution >= 0.6 is 15.9 Å². The maximum Gasteiger partial charge on any atom is 0.195 e. The highest BCUT2D eigenvalue weighted by Gasteiger charge is 2.13. The summed E-state index contributed by atoms with van der Waals surface area (Å²) in [7, 11) is 0. The van der Waals surface area contributed by atoms with Gasteiger partial charge in [-0.25, -0.2) is 0 Å². The van der Waals surface area contributed by atoms with Gasteiger partial charge in [0.05, 0.1) is 0 Å². The number of ketones is 1. The van der Waals surface area contributed by atoms with Crippen LogP contribution < -0.4 is 0 Å². The third kappa shape index (κ3) is 1.87. The lowest BCUT2D eigenvalue weighted by molar-refractivity contribution is 0.104. The molecule has 18 heavy (non-hydrogen) atoms. The summed E-state index contributed by atoms with van der Waals surface area (Å²) in [6.07, 6.45) is 1.77. The molecule has 0 unspecified atom stereocenters. The summed E-state index contributed by atoms with van der Waals surface area (Å²) in [5, 5.41) is 0.943. The average Bonchev–Trinajstić information content (AvgIpc) is 2.82. The van der Waals surface area contributed by atoms with E-state index in [1.807, 2.05) is 48.5 Å². The molecule has 0 aliphatic rings. The fourth-order valence-corrected chi connectivity index (χ4v) is 2.39. The standard InChI is InChI=1S/C15H10BrNO/c16-11-6-7-14-12(8-11)13(9-17-14)15(18)10-4-2-1-3-5-10/h1-9,17H. The number of aromatic nitrogens is 1. The van der Waals surface area contributed by atoms with Crippen LogP contribution in [-0.2, 0) is 0 Å². The number of hydrogen-bond acceptors (Lipinski definition) is 1. The molecule has 1 heterocycles. The van der Waals surface area contributed by atoms with Crippen LogP contribution in [0.4, 0.5) is 0 Å². The highest BCUT2D eigenvalue weighted by Crippen LogP contribution is 2.24. The molecule has 1 N–H and O–H groups in total. The molecule has 3 heteroatoms. The van der Waals surface area contributed by atoms with E-state index in [0.717, 1.165) is 15.4 Å². The largest absolute Gasteiger partial charge is 0.360 e. The van der Waals surface area contributed by atoms with Crippen molar-refractivity contribution in [3.63, 3.8) is 0 Å². The number of aromatic amines is 1. The van der Waals surface area contributed by atoms with E-state index in [-0.39, 0.29) is 5.78 Å². The monoisotopic (exact) mass is 299 g/mol. The zero-order chi connectivity index (χ0) is 12.5. The zero-order valence-corrected chi connectivity index (χ0v) is 11.1. The quantitative estimate of drug-likeness (QED) is 0.708. The number of benzene rings is 2. The van der Waals surface area contributed by atoms with Crippen molar-refractivity contribution in [3.05, 3.63) is 70.3 Å². The van der Waals surface area contributed by atoms with Gasteiger partial charge < -0.3 is 4.98 Å². The smallest absolute Gasteiger partial charge is 0.195 e. The summed E-state index contributed by atoms with van der Waals surface area (Å²) in [4.78, 5) is 15.5. The Hall–Kier alpha value is -1.87. The molecule has 0 spiro atoms. The van der Waals surface area contributed by atoms with Crippen LogP contribution in [0.15, 0.2) is 59.2 Å². The minimum absolute atomic E-state index is 0.0416. The molecular formula is C15H10BrNO. The first-order valence-electron chi connectivity index (χ1n) is 5.62. The molecule has 0 aliphatic heterocycles. The van der Waals surface area contributed by atoms with Gasteiger partial charge in [0.1, 0.15) is 0 Å². The van der Waals surface area contributed by atoms with Gasteiger partial charge in [0, 0.05) is 32.7 Å². The minimum atomic E-state index is 0.0416. The highest BCUT2D eigenvalue weighted by atomic mass is 79.9. The second-order valence-corrected chi connectivity index (χ2v) is 5.00. The molecule has 3 aromatic rings. The van der Waals surface area contributed by atoms with Crippen LogP contribution in [0.1, 0.15) is 15.9 Å². The fraction of sp³-hybridized carbons (Fsp3) is 0. The Kier molecular flexibility index (Phi) is 2.76. The Labute approximate surface area is 113 Å². The van der Waals surface area contributed by atoms with Gasteiger partial charge in [-0.15, -0.1) is 0 Å². The number of carbonyl (C=O) groups excluding carboxylic acids is 1. The predicted molar refractivity (Wildman–Crippen MR) is 75.9 cm³/mol. The number of nitrogens with one attached hydrogen (secondary N) is 1. The molecule has 0 saturated carbocycles. The number of rotatable bonds is 2. The third-order valence-corrected chi connectivity index (χ3v) is 3.42. The van der Waals surface area contributed by atoms with Gasteiger partial charge >= 0.3 is 0 Å². The van der Waals surface area contributed by atoms with Crippen molar-refractivity contribution in [2.75, 3.05) is 0 Å². The van der Waals surface area contributed by atoms with Gasteiger partial charge in [-0.1, -0.05) is 46.3 Å². The molecule has 0 radical (unpaired) electrons. The van der Waals surface area contributed by atoms with Crippen LogP contribution in [0.25, 0.3) is 10.9 Å². The van der Waals surface area contributed by atoms with Gasteiger partial charge in [-0.05, 0) is 18.2 Å². The molecule has 0 aliphatic carbocycles. The first-order chi connectivity index (χ1) is 8.75. The Morgan fingerprint density at radius 1 is 1.06 bits per heavy atom. The van der Waals surface area contributed by atoms with Crippen molar-refractivity contribution < 1.29 is 4.79 Å². The number of hydrogen-bond donors (Lipinski definition) is 1. The van der Waals surface area contributed by atoms with Crippen LogP contribution in [0.3, 0.4) is 0 Å². The van der Waals surface area contributed by atoms with Gasteiger partial charge in [0.25, 0.3) is 0 Å². The van der Waals surface area contributed by atoms with E-state index in [9.17, 15) is 4.79 Å². The maximum absolute atomic E-state index is 12.4. The summed E-state index contributed by atoms with van der Waals surface area (Å²) in [6.45, 7) is 0. The molecule has 0 amide bonds. The Morgan fingerprint density at radius 2 is 1.83 bits per heavy atom. The van der Waals surface area contributed by atoms with E-state index in [1.165, 1.54) is 0 Å². The molecule has 2 aromatic carbocycles. The Bertz CT molecular complexity index is 716. The lowest BCUT2D eigenvalue weighted by Crippen LogP contribution is -1.99. The normalized spacial score (nSPS) is 10.7. The molecule has 1 aromatic heterocycles. The second-order valence-electron chi connectivity index (χ2n) is 4.09. The third-order valence-electron chi connectivity index (χ3n) is 2.92. The van der Waals surface area contributed by atoms with Crippen molar-refractivity contribution in [3.8, 4) is 0 Å². The number of carbonyl (C=O) groups is 1. The molecular weight excluding hydrogens is 290 g/mol. The van der Waals surface area contributed by atoms with E-state index >= 15 is 0 Å². The molecule has 0 saturated heterocycles. The number of halogens is 1. The van der Waals surface area contributed by atoms with Crippen LogP contribution in [0.2, 0.25) is 0 Å². The first-order valence-corrected chi connectivity index (χ1v) is 6.41. The number of H-pyrrole nitrogens is 1. The summed E-state index contributed by atoms with van der Waals surface area (Å²) in [6, 6.07) is 15.2. The van der Waals surface area contributed by atoms with Crippen LogP contribution in [0, 0.1) is 0 Å². The lowest BCUT2D eigenvalue weighted by atomic mass is 10.0. The number of fused-ring (bicyclic) bond motifs is 1. The summed E-state index contributed by atoms with van der Waals surface area (Å²) >= 11 is 3.43. The van der Waals surface area contributed by atoms with Gasteiger partial charge in [-0.2, -0.15) is 0 Å². The van der Waals surface area contributed by atoms with Gasteiger partial charge in [0.15, 0.2) is 5.78 Å². The second kappa shape index (κ2) is 4.42. The Balaban J connectivity index is 2.15. The predicted octanol–water partition coefficient (Wildman–Crippen LogP) is 4.16. The average molecular weight is 300 g/mol. The van der Waals surface area contributed by atoms with E-state index in [1.54, 1.807) is 6.20 Å². The molecule has 88 valence electrons. The molecule has 0 bridgehead atoms. The topological polar surface area (TPSA) is 32.9 Å². The zero-order valence-electron chi connectivity index (χ0n) is 9.48. The molecule has 2 nitrogen and oxygen atoms in total. The SMILES string of the molecule is O=C(c1ccccc1)c1c[nH]c2ccc(Br)cc12. The van der Waals surface area contributed by atoms with Crippen LogP contribution in [0.5, 0.6) is 0 Å². The molecule has 0 atom stereocenters.